The fraction of sp³-hybridized carbons (Fsp3) is 0.600. The van der Waals surface area contributed by atoms with E-state index in [4.69, 9.17) is 8.94 Å². The quantitative estimate of drug-likeness (QED) is 0.859. The third-order valence-electron chi connectivity index (χ3n) is 4.21. The van der Waals surface area contributed by atoms with E-state index in [-0.39, 0.29) is 12.6 Å². The Labute approximate surface area is 129 Å². The monoisotopic (exact) mass is 306 g/mol. The second-order valence-corrected chi connectivity index (χ2v) is 5.58. The van der Waals surface area contributed by atoms with Crippen LogP contribution in [-0.4, -0.2) is 63.9 Å². The van der Waals surface area contributed by atoms with E-state index in [1.165, 1.54) is 0 Å². The van der Waals surface area contributed by atoms with Crippen LogP contribution in [0.25, 0.3) is 11.4 Å². The van der Waals surface area contributed by atoms with Crippen molar-refractivity contribution in [2.24, 2.45) is 0 Å². The maximum Gasteiger partial charge on any atom is 0.241 e. The molecule has 0 saturated carbocycles. The van der Waals surface area contributed by atoms with Gasteiger partial charge in [-0.15, -0.1) is 0 Å². The summed E-state index contributed by atoms with van der Waals surface area (Å²) in [6.07, 6.45) is 4.18. The minimum atomic E-state index is 0.230. The van der Waals surface area contributed by atoms with Crippen LogP contribution in [0, 0.1) is 0 Å². The van der Waals surface area contributed by atoms with Crippen LogP contribution in [0.5, 0.6) is 0 Å². The maximum absolute atomic E-state index is 9.38. The van der Waals surface area contributed by atoms with Gasteiger partial charge < -0.3 is 14.0 Å². The summed E-state index contributed by atoms with van der Waals surface area (Å²) < 4.78 is 10.3. The minimum absolute atomic E-state index is 0.230. The molecule has 1 N–H and O–H groups in total. The highest BCUT2D eigenvalue weighted by Gasteiger charge is 2.23. The average Bonchev–Trinajstić information content (AvgIpc) is 3.21. The predicted molar refractivity (Wildman–Crippen MR) is 80.0 cm³/mol. The van der Waals surface area contributed by atoms with Gasteiger partial charge in [-0.3, -0.25) is 9.80 Å². The molecule has 0 spiro atoms. The number of piperazine rings is 1. The number of furan rings is 1. The van der Waals surface area contributed by atoms with Crippen molar-refractivity contribution in [2.75, 3.05) is 32.8 Å². The summed E-state index contributed by atoms with van der Waals surface area (Å²) in [7, 11) is 0. The lowest BCUT2D eigenvalue weighted by Gasteiger charge is -2.37. The van der Waals surface area contributed by atoms with Crippen LogP contribution in [0.1, 0.15) is 19.2 Å². The Morgan fingerprint density at radius 1 is 1.32 bits per heavy atom. The van der Waals surface area contributed by atoms with E-state index in [1.54, 1.807) is 12.5 Å². The van der Waals surface area contributed by atoms with Crippen molar-refractivity contribution in [3.8, 4) is 11.4 Å². The largest absolute Gasteiger partial charge is 0.472 e. The van der Waals surface area contributed by atoms with E-state index in [0.29, 0.717) is 18.3 Å². The number of hydrogen-bond donors (Lipinski definition) is 1. The Bertz CT molecular complexity index is 557. The highest BCUT2D eigenvalue weighted by atomic mass is 16.5. The fourth-order valence-electron chi connectivity index (χ4n) is 2.81. The molecule has 0 aromatic carbocycles. The number of rotatable bonds is 6. The molecule has 3 rings (SSSR count). The zero-order chi connectivity index (χ0) is 15.4. The van der Waals surface area contributed by atoms with Gasteiger partial charge in [0.2, 0.25) is 11.7 Å². The molecule has 7 nitrogen and oxygen atoms in total. The first-order valence-corrected chi connectivity index (χ1v) is 7.72. The lowest BCUT2D eigenvalue weighted by Crippen LogP contribution is -2.50. The van der Waals surface area contributed by atoms with E-state index >= 15 is 0 Å². The Kier molecular flexibility index (Phi) is 4.87. The lowest BCUT2D eigenvalue weighted by atomic mass is 10.1. The molecule has 1 saturated heterocycles. The maximum atomic E-state index is 9.38. The number of aromatic nitrogens is 2. The molecule has 1 aliphatic rings. The summed E-state index contributed by atoms with van der Waals surface area (Å²) in [4.78, 5) is 9.05. The van der Waals surface area contributed by atoms with Gasteiger partial charge in [0.1, 0.15) is 6.26 Å². The zero-order valence-electron chi connectivity index (χ0n) is 12.8. The molecule has 7 heteroatoms. The summed E-state index contributed by atoms with van der Waals surface area (Å²) in [6, 6.07) is 2.09. The van der Waals surface area contributed by atoms with Crippen molar-refractivity contribution in [2.45, 2.75) is 25.9 Å². The molecule has 1 unspecified atom stereocenters. The first-order valence-electron chi connectivity index (χ1n) is 7.72. The van der Waals surface area contributed by atoms with Gasteiger partial charge in [0, 0.05) is 32.2 Å². The SMILES string of the molecule is CCC(CO)N1CCN(Cc2nc(-c3ccoc3)no2)CC1. The summed E-state index contributed by atoms with van der Waals surface area (Å²) in [5, 5.41) is 13.4. The van der Waals surface area contributed by atoms with E-state index in [0.717, 1.165) is 38.2 Å². The molecule has 0 aliphatic carbocycles. The molecule has 1 fully saturated rings. The smallest absolute Gasteiger partial charge is 0.241 e. The average molecular weight is 306 g/mol. The summed E-state index contributed by atoms with van der Waals surface area (Å²) in [5.74, 6) is 1.19. The number of hydrogen-bond acceptors (Lipinski definition) is 7. The lowest BCUT2D eigenvalue weighted by molar-refractivity contribution is 0.0568. The van der Waals surface area contributed by atoms with Crippen molar-refractivity contribution < 1.29 is 14.0 Å². The molecule has 0 radical (unpaired) electrons. The van der Waals surface area contributed by atoms with E-state index in [1.807, 2.05) is 6.07 Å². The zero-order valence-corrected chi connectivity index (χ0v) is 12.8. The van der Waals surface area contributed by atoms with Crippen LogP contribution in [0.15, 0.2) is 27.5 Å². The third-order valence-corrected chi connectivity index (χ3v) is 4.21. The molecule has 1 aliphatic heterocycles. The van der Waals surface area contributed by atoms with Crippen molar-refractivity contribution in [3.05, 3.63) is 24.5 Å². The molecule has 120 valence electrons. The number of nitrogens with zero attached hydrogens (tertiary/aromatic N) is 4. The van der Waals surface area contributed by atoms with Gasteiger partial charge in [0.05, 0.1) is 25.0 Å². The van der Waals surface area contributed by atoms with Gasteiger partial charge in [0.25, 0.3) is 0 Å². The van der Waals surface area contributed by atoms with Gasteiger partial charge in [0.15, 0.2) is 0 Å². The van der Waals surface area contributed by atoms with E-state index in [2.05, 4.69) is 26.9 Å². The normalized spacial score (nSPS) is 18.6. The van der Waals surface area contributed by atoms with E-state index < -0.39 is 0 Å². The highest BCUT2D eigenvalue weighted by Crippen LogP contribution is 2.17. The first-order chi connectivity index (χ1) is 10.8. The first kappa shape index (κ1) is 15.2. The molecular weight excluding hydrogens is 284 g/mol. The molecule has 3 heterocycles. The highest BCUT2D eigenvalue weighted by molar-refractivity contribution is 5.51. The van der Waals surface area contributed by atoms with Gasteiger partial charge >= 0.3 is 0 Å². The van der Waals surface area contributed by atoms with Gasteiger partial charge in [-0.05, 0) is 12.5 Å². The second-order valence-electron chi connectivity index (χ2n) is 5.58. The van der Waals surface area contributed by atoms with Crippen LogP contribution in [-0.2, 0) is 6.54 Å². The molecule has 2 aromatic heterocycles. The molecule has 1 atom stereocenters. The number of aliphatic hydroxyl groups excluding tert-OH is 1. The van der Waals surface area contributed by atoms with Crippen LogP contribution in [0.2, 0.25) is 0 Å². The van der Waals surface area contributed by atoms with E-state index in [9.17, 15) is 5.11 Å². The molecule has 0 amide bonds. The molecule has 22 heavy (non-hydrogen) atoms. The molecular formula is C15H22N4O3. The Balaban J connectivity index is 1.53. The molecule has 0 bridgehead atoms. The van der Waals surface area contributed by atoms with Gasteiger partial charge in [-0.25, -0.2) is 0 Å². The predicted octanol–water partition coefficient (Wildman–Crippen LogP) is 1.22. The Morgan fingerprint density at radius 2 is 2.14 bits per heavy atom. The standard InChI is InChI=1S/C15H22N4O3/c1-2-13(10-20)19-6-4-18(5-7-19)9-14-16-15(17-22-14)12-3-8-21-11-12/h3,8,11,13,20H,2,4-7,9-10H2,1H3. The minimum Gasteiger partial charge on any atom is -0.472 e. The van der Waals surface area contributed by atoms with Crippen molar-refractivity contribution in [1.29, 1.82) is 0 Å². The molecule has 2 aromatic rings. The van der Waals surface area contributed by atoms with Crippen LogP contribution >= 0.6 is 0 Å². The van der Waals surface area contributed by atoms with Crippen LogP contribution in [0.4, 0.5) is 0 Å². The van der Waals surface area contributed by atoms with Crippen molar-refractivity contribution in [3.63, 3.8) is 0 Å². The number of aliphatic hydroxyl groups is 1. The summed E-state index contributed by atoms with van der Waals surface area (Å²) in [6.45, 7) is 6.81. The third kappa shape index (κ3) is 3.37. The summed E-state index contributed by atoms with van der Waals surface area (Å²) in [5.41, 5.74) is 0.827. The topological polar surface area (TPSA) is 78.8 Å². The van der Waals surface area contributed by atoms with Crippen molar-refractivity contribution >= 4 is 0 Å². The Morgan fingerprint density at radius 3 is 2.77 bits per heavy atom. The second kappa shape index (κ2) is 7.04. The Hall–Kier alpha value is -1.70. The van der Waals surface area contributed by atoms with Gasteiger partial charge in [-0.1, -0.05) is 12.1 Å². The fourth-order valence-corrected chi connectivity index (χ4v) is 2.81. The van der Waals surface area contributed by atoms with Crippen LogP contribution < -0.4 is 0 Å². The van der Waals surface area contributed by atoms with Crippen molar-refractivity contribution in [1.82, 2.24) is 19.9 Å². The summed E-state index contributed by atoms with van der Waals surface area (Å²) >= 11 is 0. The van der Waals surface area contributed by atoms with Gasteiger partial charge in [-0.2, -0.15) is 4.98 Å². The van der Waals surface area contributed by atoms with Crippen LogP contribution in [0.3, 0.4) is 0 Å².